The number of hydrogen-bond acceptors (Lipinski definition) is 2. The van der Waals surface area contributed by atoms with Gasteiger partial charge < -0.3 is 4.55 Å². The fraction of sp³-hybridized carbons (Fsp3) is 1.00. The summed E-state index contributed by atoms with van der Waals surface area (Å²) in [5, 5.41) is 0. The van der Waals surface area contributed by atoms with E-state index in [0.29, 0.717) is 12.2 Å². The Morgan fingerprint density at radius 2 is 2.00 bits per heavy atom. The zero-order chi connectivity index (χ0) is 9.07. The third kappa shape index (κ3) is 5.30. The van der Waals surface area contributed by atoms with E-state index in [0.717, 1.165) is 0 Å². The summed E-state index contributed by atoms with van der Waals surface area (Å²) < 4.78 is 20.5. The van der Waals surface area contributed by atoms with Crippen molar-refractivity contribution in [1.29, 1.82) is 0 Å². The van der Waals surface area contributed by atoms with Crippen LogP contribution in [0.1, 0.15) is 20.3 Å². The molecule has 6 heteroatoms. The molecule has 0 heterocycles. The Kier molecular flexibility index (Phi) is 5.37. The van der Waals surface area contributed by atoms with Gasteiger partial charge in [0, 0.05) is 37.8 Å². The number of halogens is 2. The summed E-state index contributed by atoms with van der Waals surface area (Å²) in [7, 11) is 0. The monoisotopic (exact) mass is 307 g/mol. The van der Waals surface area contributed by atoms with Crippen molar-refractivity contribution < 1.29 is 8.76 Å². The molecule has 0 aliphatic carbocycles. The van der Waals surface area contributed by atoms with E-state index in [1.165, 1.54) is 0 Å². The molecule has 0 radical (unpaired) electrons. The molecule has 0 amide bonds. The van der Waals surface area contributed by atoms with Crippen LogP contribution in [-0.4, -0.2) is 23.0 Å². The maximum absolute atomic E-state index is 10.3. The fourth-order valence-electron chi connectivity index (χ4n) is 0.422. The van der Waals surface area contributed by atoms with Gasteiger partial charge >= 0.3 is 0 Å². The van der Waals surface area contributed by atoms with Crippen LogP contribution >= 0.6 is 32.3 Å². The zero-order valence-electron chi connectivity index (χ0n) is 6.38. The topological polar surface area (TPSA) is 40.5 Å². The number of hydrogen-bond donors (Lipinski definition) is 1. The molecule has 1 N–H and O–H groups in total. The van der Waals surface area contributed by atoms with Gasteiger partial charge in [-0.05, 0) is 20.3 Å². The maximum atomic E-state index is 10.3. The van der Waals surface area contributed by atoms with Crippen LogP contribution in [0.25, 0.3) is 0 Å². The van der Waals surface area contributed by atoms with Crippen LogP contribution in [-0.2, 0) is 11.1 Å². The molecule has 1 atom stereocenters. The average Bonchev–Trinajstić information content (AvgIpc) is 1.84. The molecule has 1 unspecified atom stereocenters. The van der Waals surface area contributed by atoms with Crippen molar-refractivity contribution in [3.8, 4) is 0 Å². The van der Waals surface area contributed by atoms with Gasteiger partial charge in [-0.3, -0.25) is 0 Å². The van der Waals surface area contributed by atoms with Crippen molar-refractivity contribution in [2.24, 2.45) is 0 Å². The molecule has 0 saturated heterocycles. The van der Waals surface area contributed by atoms with E-state index < -0.39 is 11.1 Å². The van der Waals surface area contributed by atoms with Crippen molar-refractivity contribution in [2.75, 3.05) is 5.75 Å². The Bertz CT molecular complexity index is 151. The lowest BCUT2D eigenvalue weighted by atomic mass is 10.0. The van der Waals surface area contributed by atoms with Crippen LogP contribution in [0, 0.1) is 0 Å². The van der Waals surface area contributed by atoms with Crippen LogP contribution in [0.2, 0.25) is 0 Å². The van der Waals surface area contributed by atoms with Gasteiger partial charge in [-0.25, -0.2) is 4.21 Å². The molecule has 0 saturated carbocycles. The normalized spacial score (nSPS) is 15.5. The maximum Gasteiger partial charge on any atom is 0.152 e. The highest BCUT2D eigenvalue weighted by atomic mass is 79.9. The number of rotatable bonds is 4. The molecule has 3 nitrogen and oxygen atoms in total. The highest BCUT2D eigenvalue weighted by Gasteiger charge is 2.23. The third-order valence-electron chi connectivity index (χ3n) is 1.35. The van der Waals surface area contributed by atoms with E-state index >= 15 is 0 Å². The molecule has 68 valence electrons. The number of nitrogens with zero attached hydrogens (tertiary/aromatic N) is 1. The lowest BCUT2D eigenvalue weighted by Gasteiger charge is -2.27. The second-order valence-electron chi connectivity index (χ2n) is 2.82. The predicted molar refractivity (Wildman–Crippen MR) is 54.0 cm³/mol. The Morgan fingerprint density at radius 3 is 2.27 bits per heavy atom. The molecule has 0 aliphatic heterocycles. The molecular weight excluding hydrogens is 298 g/mol. The molecule has 0 aliphatic rings. The van der Waals surface area contributed by atoms with Crippen LogP contribution in [0.4, 0.5) is 0 Å². The second kappa shape index (κ2) is 4.91. The van der Waals surface area contributed by atoms with Gasteiger partial charge in [0.1, 0.15) is 0 Å². The van der Waals surface area contributed by atoms with Crippen LogP contribution < -0.4 is 0 Å². The highest BCUT2D eigenvalue weighted by molar-refractivity contribution is 9.21. The van der Waals surface area contributed by atoms with Crippen LogP contribution in [0.3, 0.4) is 0 Å². The first-order valence-corrected chi connectivity index (χ1v) is 5.75. The summed E-state index contributed by atoms with van der Waals surface area (Å²) >= 11 is 4.73. The van der Waals surface area contributed by atoms with Crippen molar-refractivity contribution >= 4 is 43.4 Å². The average molecular weight is 309 g/mol. The van der Waals surface area contributed by atoms with Crippen molar-refractivity contribution in [3.63, 3.8) is 0 Å². The lowest BCUT2D eigenvalue weighted by molar-refractivity contribution is 0.375. The largest absolute Gasteiger partial charge is 0.306 e. The Balaban J connectivity index is 3.82. The minimum atomic E-state index is -1.70. The molecule has 0 aromatic rings. The molecular formula is C5H11Br2NO2S. The van der Waals surface area contributed by atoms with Gasteiger partial charge in [0.15, 0.2) is 11.1 Å². The van der Waals surface area contributed by atoms with E-state index in [4.69, 9.17) is 4.55 Å². The van der Waals surface area contributed by atoms with Crippen molar-refractivity contribution in [2.45, 2.75) is 25.8 Å². The minimum absolute atomic E-state index is 0.154. The van der Waals surface area contributed by atoms with E-state index in [2.05, 4.69) is 32.3 Å². The second-order valence-corrected chi connectivity index (χ2v) is 6.24. The van der Waals surface area contributed by atoms with Gasteiger partial charge in [0.25, 0.3) is 0 Å². The Labute approximate surface area is 86.5 Å². The lowest BCUT2D eigenvalue weighted by Crippen LogP contribution is -2.31. The molecule has 0 spiro atoms. The van der Waals surface area contributed by atoms with Gasteiger partial charge in [-0.1, -0.05) is 0 Å². The van der Waals surface area contributed by atoms with Gasteiger partial charge in [-0.2, -0.15) is 2.95 Å². The summed E-state index contributed by atoms with van der Waals surface area (Å²) in [5.41, 5.74) is -0.154. The first-order valence-electron chi connectivity index (χ1n) is 3.05. The minimum Gasteiger partial charge on any atom is -0.306 e. The molecule has 0 aromatic carbocycles. The zero-order valence-corrected chi connectivity index (χ0v) is 10.4. The first-order chi connectivity index (χ1) is 4.86. The van der Waals surface area contributed by atoms with Gasteiger partial charge in [0.2, 0.25) is 0 Å². The molecule has 0 fully saturated rings. The summed E-state index contributed by atoms with van der Waals surface area (Å²) in [4.78, 5) is 0. The summed E-state index contributed by atoms with van der Waals surface area (Å²) in [5.74, 6) is 0.292. The standard InChI is InChI=1S/C5H11Br2NO2S/c1-5(2,8(6)7)3-4-11(9)10/h3-4H2,1-2H3,(H,9,10). The summed E-state index contributed by atoms with van der Waals surface area (Å²) in [6.07, 6.45) is 0.645. The van der Waals surface area contributed by atoms with Crippen molar-refractivity contribution in [1.82, 2.24) is 2.95 Å². The summed E-state index contributed by atoms with van der Waals surface area (Å²) in [6.45, 7) is 3.92. The van der Waals surface area contributed by atoms with E-state index in [1.807, 2.05) is 13.8 Å². The van der Waals surface area contributed by atoms with Crippen LogP contribution in [0.15, 0.2) is 0 Å². The molecule has 0 rings (SSSR count). The third-order valence-corrected chi connectivity index (χ3v) is 3.82. The Morgan fingerprint density at radius 1 is 1.55 bits per heavy atom. The van der Waals surface area contributed by atoms with Crippen LogP contribution in [0.5, 0.6) is 0 Å². The van der Waals surface area contributed by atoms with E-state index in [9.17, 15) is 4.21 Å². The smallest absolute Gasteiger partial charge is 0.152 e. The molecule has 11 heavy (non-hydrogen) atoms. The molecule has 0 bridgehead atoms. The summed E-state index contributed by atoms with van der Waals surface area (Å²) in [6, 6.07) is 0. The Hall–Kier alpha value is 1.03. The fourth-order valence-corrected chi connectivity index (χ4v) is 1.45. The van der Waals surface area contributed by atoms with Crippen molar-refractivity contribution in [3.05, 3.63) is 0 Å². The van der Waals surface area contributed by atoms with Gasteiger partial charge in [0.05, 0.1) is 5.75 Å². The molecule has 0 aromatic heterocycles. The van der Waals surface area contributed by atoms with E-state index in [-0.39, 0.29) is 5.54 Å². The quantitative estimate of drug-likeness (QED) is 0.640. The highest BCUT2D eigenvalue weighted by Crippen LogP contribution is 2.26. The van der Waals surface area contributed by atoms with Gasteiger partial charge in [-0.15, -0.1) is 0 Å². The predicted octanol–water partition coefficient (Wildman–Crippen LogP) is 2.30. The first kappa shape index (κ1) is 12.0. The SMILES string of the molecule is CC(C)(CCS(=O)O)N(Br)Br. The van der Waals surface area contributed by atoms with E-state index in [1.54, 1.807) is 2.95 Å².